The van der Waals surface area contributed by atoms with E-state index in [4.69, 9.17) is 4.74 Å². The highest BCUT2D eigenvalue weighted by Crippen LogP contribution is 2.06. The molecule has 2 rings (SSSR count). The smallest absolute Gasteiger partial charge is 0.109 e. The molecule has 2 aromatic carbocycles. The summed E-state index contributed by atoms with van der Waals surface area (Å²) < 4.78 is 5.61. The van der Waals surface area contributed by atoms with Gasteiger partial charge in [0.2, 0.25) is 0 Å². The maximum Gasteiger partial charge on any atom is 0.109 e. The van der Waals surface area contributed by atoms with Gasteiger partial charge in [0.25, 0.3) is 0 Å². The Balaban J connectivity index is 2.04. The van der Waals surface area contributed by atoms with Crippen molar-refractivity contribution in [3.63, 3.8) is 0 Å². The number of rotatable bonds is 8. The van der Waals surface area contributed by atoms with Crippen LogP contribution in [0.3, 0.4) is 0 Å². The van der Waals surface area contributed by atoms with Gasteiger partial charge in [0.1, 0.15) is 11.8 Å². The summed E-state index contributed by atoms with van der Waals surface area (Å²) in [5, 5.41) is 8.63. The average Bonchev–Trinajstić information content (AvgIpc) is 2.60. The lowest BCUT2D eigenvalue weighted by Gasteiger charge is -2.12. The van der Waals surface area contributed by atoms with Gasteiger partial charge >= 0.3 is 0 Å². The summed E-state index contributed by atoms with van der Waals surface area (Å²) in [6.45, 7) is 4.52. The lowest BCUT2D eigenvalue weighted by atomic mass is 10.2. The van der Waals surface area contributed by atoms with Crippen LogP contribution in [0.25, 0.3) is 0 Å². The molecule has 0 amide bonds. The van der Waals surface area contributed by atoms with E-state index in [1.165, 1.54) is 0 Å². The standard InChI is InChI=1S/C18H22N4O/c1-3-23-15(2)18(22-21-17-12-8-5-9-13-17)14-19-20-16-10-6-4-7-11-16/h4-15,20-21H,3H2,1-2H3/b19-14+,22-18+/t15-/m0/s1. The predicted octanol–water partition coefficient (Wildman–Crippen LogP) is 3.98. The number of nitrogens with one attached hydrogen (secondary N) is 2. The van der Waals surface area contributed by atoms with Crippen LogP contribution in [0.4, 0.5) is 11.4 Å². The number of benzene rings is 2. The van der Waals surface area contributed by atoms with Crippen molar-refractivity contribution in [2.75, 3.05) is 17.5 Å². The van der Waals surface area contributed by atoms with Crippen molar-refractivity contribution >= 4 is 23.3 Å². The molecular formula is C18H22N4O. The van der Waals surface area contributed by atoms with Crippen LogP contribution < -0.4 is 10.9 Å². The largest absolute Gasteiger partial charge is 0.372 e. The van der Waals surface area contributed by atoms with E-state index in [0.717, 1.165) is 11.4 Å². The molecule has 120 valence electrons. The zero-order chi connectivity index (χ0) is 16.3. The Bertz CT molecular complexity index is 626. The molecule has 0 radical (unpaired) electrons. The molecular weight excluding hydrogens is 288 g/mol. The van der Waals surface area contributed by atoms with Crippen LogP contribution in [0, 0.1) is 0 Å². The normalized spacial score (nSPS) is 13.0. The van der Waals surface area contributed by atoms with Crippen molar-refractivity contribution in [3.05, 3.63) is 60.7 Å². The van der Waals surface area contributed by atoms with Crippen molar-refractivity contribution in [3.8, 4) is 0 Å². The van der Waals surface area contributed by atoms with Gasteiger partial charge in [0.05, 0.1) is 17.6 Å². The molecule has 0 bridgehead atoms. The minimum atomic E-state index is -0.155. The van der Waals surface area contributed by atoms with E-state index in [0.29, 0.717) is 12.3 Å². The third-order valence-electron chi connectivity index (χ3n) is 3.09. The minimum Gasteiger partial charge on any atom is -0.372 e. The zero-order valence-electron chi connectivity index (χ0n) is 13.4. The van der Waals surface area contributed by atoms with Crippen LogP contribution in [0.1, 0.15) is 13.8 Å². The molecule has 0 unspecified atom stereocenters. The van der Waals surface area contributed by atoms with E-state index in [-0.39, 0.29) is 6.10 Å². The maximum absolute atomic E-state index is 5.61. The quantitative estimate of drug-likeness (QED) is 0.573. The van der Waals surface area contributed by atoms with E-state index in [1.807, 2.05) is 74.5 Å². The molecule has 0 aliphatic heterocycles. The Morgan fingerprint density at radius 2 is 1.57 bits per heavy atom. The van der Waals surface area contributed by atoms with Gasteiger partial charge in [0, 0.05) is 6.61 Å². The summed E-state index contributed by atoms with van der Waals surface area (Å²) in [6.07, 6.45) is 1.51. The van der Waals surface area contributed by atoms with Gasteiger partial charge in [-0.25, -0.2) is 0 Å². The Morgan fingerprint density at radius 3 is 2.13 bits per heavy atom. The van der Waals surface area contributed by atoms with Crippen LogP contribution in [-0.2, 0) is 4.74 Å². The molecule has 0 aliphatic carbocycles. The molecule has 0 saturated heterocycles. The lowest BCUT2D eigenvalue weighted by molar-refractivity contribution is 0.123. The molecule has 5 nitrogen and oxygen atoms in total. The fourth-order valence-corrected chi connectivity index (χ4v) is 1.89. The van der Waals surface area contributed by atoms with Crippen molar-refractivity contribution in [1.82, 2.24) is 0 Å². The summed E-state index contributed by atoms with van der Waals surface area (Å²) in [4.78, 5) is 0. The first kappa shape index (κ1) is 16.7. The second-order valence-corrected chi connectivity index (χ2v) is 4.85. The molecule has 5 heteroatoms. The second-order valence-electron chi connectivity index (χ2n) is 4.85. The van der Waals surface area contributed by atoms with Crippen molar-refractivity contribution in [2.45, 2.75) is 20.0 Å². The van der Waals surface area contributed by atoms with Crippen molar-refractivity contribution in [2.24, 2.45) is 10.2 Å². The highest BCUT2D eigenvalue weighted by Gasteiger charge is 2.08. The van der Waals surface area contributed by atoms with E-state index >= 15 is 0 Å². The Hall–Kier alpha value is -2.66. The molecule has 0 aromatic heterocycles. The first-order valence-electron chi connectivity index (χ1n) is 7.64. The first-order chi connectivity index (χ1) is 11.3. The molecule has 0 aliphatic rings. The monoisotopic (exact) mass is 310 g/mol. The second kappa shape index (κ2) is 9.38. The fourth-order valence-electron chi connectivity index (χ4n) is 1.89. The van der Waals surface area contributed by atoms with Gasteiger partial charge in [-0.3, -0.25) is 10.9 Å². The molecule has 0 spiro atoms. The van der Waals surface area contributed by atoms with Crippen LogP contribution in [0.2, 0.25) is 0 Å². The van der Waals surface area contributed by atoms with Gasteiger partial charge in [-0.15, -0.1) is 0 Å². The molecule has 0 fully saturated rings. The molecule has 2 N–H and O–H groups in total. The predicted molar refractivity (Wildman–Crippen MR) is 97.1 cm³/mol. The summed E-state index contributed by atoms with van der Waals surface area (Å²) in [5.74, 6) is 0. The summed E-state index contributed by atoms with van der Waals surface area (Å²) >= 11 is 0. The van der Waals surface area contributed by atoms with E-state index in [2.05, 4.69) is 21.1 Å². The zero-order valence-corrected chi connectivity index (χ0v) is 13.4. The number of hydrogen-bond donors (Lipinski definition) is 2. The maximum atomic E-state index is 5.61. The number of ether oxygens (including phenoxy) is 1. The molecule has 0 heterocycles. The van der Waals surface area contributed by atoms with Gasteiger partial charge in [0.15, 0.2) is 0 Å². The van der Waals surface area contributed by atoms with Crippen molar-refractivity contribution < 1.29 is 4.74 Å². The Morgan fingerprint density at radius 1 is 1.00 bits per heavy atom. The molecule has 23 heavy (non-hydrogen) atoms. The van der Waals surface area contributed by atoms with Gasteiger partial charge in [-0.05, 0) is 38.1 Å². The van der Waals surface area contributed by atoms with Gasteiger partial charge in [-0.2, -0.15) is 10.2 Å². The highest BCUT2D eigenvalue weighted by molar-refractivity contribution is 6.32. The minimum absolute atomic E-state index is 0.155. The molecule has 0 saturated carbocycles. The summed E-state index contributed by atoms with van der Waals surface area (Å²) in [5.41, 5.74) is 8.54. The summed E-state index contributed by atoms with van der Waals surface area (Å²) in [7, 11) is 0. The number of hydrogen-bond acceptors (Lipinski definition) is 5. The highest BCUT2D eigenvalue weighted by atomic mass is 16.5. The number of hydrazone groups is 2. The van der Waals surface area contributed by atoms with Crippen LogP contribution in [-0.4, -0.2) is 24.6 Å². The Kier molecular flexibility index (Phi) is 6.81. The lowest BCUT2D eigenvalue weighted by Crippen LogP contribution is -2.23. The topological polar surface area (TPSA) is 58.0 Å². The number of nitrogens with zero attached hydrogens (tertiary/aromatic N) is 2. The number of para-hydroxylation sites is 2. The average molecular weight is 310 g/mol. The first-order valence-corrected chi connectivity index (χ1v) is 7.64. The third kappa shape index (κ3) is 5.92. The SMILES string of the molecule is CCO[C@@H](C)C(/C=N/Nc1ccccc1)=N/Nc1ccccc1. The van der Waals surface area contributed by atoms with E-state index < -0.39 is 0 Å². The fraction of sp³-hybridized carbons (Fsp3) is 0.222. The van der Waals surface area contributed by atoms with Gasteiger partial charge < -0.3 is 4.74 Å². The van der Waals surface area contributed by atoms with Crippen LogP contribution in [0.15, 0.2) is 70.9 Å². The van der Waals surface area contributed by atoms with Crippen molar-refractivity contribution in [1.29, 1.82) is 0 Å². The molecule has 2 aromatic rings. The van der Waals surface area contributed by atoms with Gasteiger partial charge in [-0.1, -0.05) is 36.4 Å². The van der Waals surface area contributed by atoms with Crippen LogP contribution in [0.5, 0.6) is 0 Å². The Labute approximate surface area is 137 Å². The number of anilines is 2. The van der Waals surface area contributed by atoms with Crippen LogP contribution >= 0.6 is 0 Å². The van der Waals surface area contributed by atoms with E-state index in [1.54, 1.807) is 6.21 Å². The summed E-state index contributed by atoms with van der Waals surface area (Å²) in [6, 6.07) is 19.5. The third-order valence-corrected chi connectivity index (χ3v) is 3.09. The van der Waals surface area contributed by atoms with E-state index in [9.17, 15) is 0 Å². The molecule has 1 atom stereocenters.